The fourth-order valence-corrected chi connectivity index (χ4v) is 3.72. The molecule has 0 amide bonds. The monoisotopic (exact) mass is 326 g/mol. The highest BCUT2D eigenvalue weighted by Gasteiger charge is 2.29. The molecule has 0 N–H and O–H groups in total. The highest BCUT2D eigenvalue weighted by Crippen LogP contribution is 2.44. The van der Waals surface area contributed by atoms with Crippen molar-refractivity contribution in [1.29, 1.82) is 0 Å². The third kappa shape index (κ3) is 1.72. The lowest BCUT2D eigenvalue weighted by molar-refractivity contribution is -0.383. The first-order chi connectivity index (χ1) is 12.2. The van der Waals surface area contributed by atoms with Gasteiger partial charge in [0.25, 0.3) is 5.69 Å². The van der Waals surface area contributed by atoms with Crippen molar-refractivity contribution in [2.75, 3.05) is 0 Å². The normalized spacial score (nSPS) is 12.4. The molecule has 1 aliphatic carbocycles. The molecule has 1 heterocycles. The van der Waals surface area contributed by atoms with Crippen LogP contribution in [0.4, 0.5) is 5.69 Å². The van der Waals surface area contributed by atoms with Crippen LogP contribution in [0.25, 0.3) is 32.8 Å². The first-order valence-electron chi connectivity index (χ1n) is 7.80. The maximum Gasteiger partial charge on any atom is 0.277 e. The van der Waals surface area contributed by atoms with Crippen molar-refractivity contribution in [3.05, 3.63) is 82.0 Å². The minimum atomic E-state index is -0.410. The van der Waals surface area contributed by atoms with E-state index in [4.69, 9.17) is 0 Å². The van der Waals surface area contributed by atoms with Crippen LogP contribution in [0, 0.1) is 10.1 Å². The number of fused-ring (bicyclic) bond motifs is 4. The second-order valence-electron chi connectivity index (χ2n) is 6.00. The zero-order valence-electron chi connectivity index (χ0n) is 12.9. The molecule has 0 radical (unpaired) electrons. The van der Waals surface area contributed by atoms with Crippen molar-refractivity contribution < 1.29 is 9.72 Å². The SMILES string of the molecule is O=C1c2c(ccc3ncccc23)-c2ccc([N+](=O)[O-])c3cccc1c23. The number of benzene rings is 3. The van der Waals surface area contributed by atoms with Crippen molar-refractivity contribution >= 4 is 33.1 Å². The first kappa shape index (κ1) is 13.8. The van der Waals surface area contributed by atoms with E-state index in [1.54, 1.807) is 30.5 Å². The Morgan fingerprint density at radius 1 is 0.840 bits per heavy atom. The summed E-state index contributed by atoms with van der Waals surface area (Å²) >= 11 is 0. The van der Waals surface area contributed by atoms with Gasteiger partial charge in [-0.2, -0.15) is 0 Å². The van der Waals surface area contributed by atoms with Gasteiger partial charge in [-0.1, -0.05) is 24.3 Å². The van der Waals surface area contributed by atoms with E-state index >= 15 is 0 Å². The summed E-state index contributed by atoms with van der Waals surface area (Å²) in [7, 11) is 0. The molecule has 5 rings (SSSR count). The van der Waals surface area contributed by atoms with Crippen molar-refractivity contribution in [2.24, 2.45) is 0 Å². The molecule has 118 valence electrons. The van der Waals surface area contributed by atoms with Gasteiger partial charge in [0.05, 0.1) is 15.8 Å². The predicted molar refractivity (Wildman–Crippen MR) is 94.8 cm³/mol. The average molecular weight is 326 g/mol. The summed E-state index contributed by atoms with van der Waals surface area (Å²) in [6.07, 6.45) is 1.69. The molecule has 1 aromatic heterocycles. The van der Waals surface area contributed by atoms with Gasteiger partial charge in [-0.25, -0.2) is 0 Å². The molecule has 0 aliphatic heterocycles. The summed E-state index contributed by atoms with van der Waals surface area (Å²) in [5.74, 6) is -0.118. The zero-order chi connectivity index (χ0) is 17.1. The predicted octanol–water partition coefficient (Wildman–Crippen LogP) is 4.51. The molecule has 0 saturated heterocycles. The number of aromatic nitrogens is 1. The van der Waals surface area contributed by atoms with Crippen LogP contribution in [-0.2, 0) is 0 Å². The van der Waals surface area contributed by atoms with E-state index in [0.29, 0.717) is 21.9 Å². The number of hydrogen-bond acceptors (Lipinski definition) is 4. The van der Waals surface area contributed by atoms with Crippen LogP contribution in [0.1, 0.15) is 15.9 Å². The molecular weight excluding hydrogens is 316 g/mol. The molecule has 0 atom stereocenters. The number of carbonyl (C=O) groups excluding carboxylic acids is 1. The average Bonchev–Trinajstić information content (AvgIpc) is 2.64. The van der Waals surface area contributed by atoms with E-state index in [0.717, 1.165) is 22.0 Å². The molecule has 25 heavy (non-hydrogen) atoms. The third-order valence-corrected chi connectivity index (χ3v) is 4.76. The molecule has 0 spiro atoms. The lowest BCUT2D eigenvalue weighted by Gasteiger charge is -2.21. The minimum Gasteiger partial charge on any atom is -0.289 e. The molecule has 0 bridgehead atoms. The van der Waals surface area contributed by atoms with Gasteiger partial charge >= 0.3 is 0 Å². The maximum atomic E-state index is 13.2. The van der Waals surface area contributed by atoms with Gasteiger partial charge in [-0.3, -0.25) is 19.9 Å². The Morgan fingerprint density at radius 3 is 2.48 bits per heavy atom. The molecule has 0 unspecified atom stereocenters. The Bertz CT molecular complexity index is 1240. The number of ketones is 1. The van der Waals surface area contributed by atoms with Gasteiger partial charge < -0.3 is 0 Å². The second kappa shape index (κ2) is 4.70. The summed E-state index contributed by atoms with van der Waals surface area (Å²) in [6, 6.07) is 15.8. The van der Waals surface area contributed by atoms with E-state index in [2.05, 4.69) is 4.98 Å². The van der Waals surface area contributed by atoms with Crippen molar-refractivity contribution in [3.63, 3.8) is 0 Å². The van der Waals surface area contributed by atoms with Gasteiger partial charge in [-0.15, -0.1) is 0 Å². The Balaban J connectivity index is 2.00. The molecule has 5 nitrogen and oxygen atoms in total. The molecule has 4 aromatic rings. The molecule has 0 fully saturated rings. The number of nitro benzene ring substituents is 1. The first-order valence-corrected chi connectivity index (χ1v) is 7.80. The topological polar surface area (TPSA) is 73.1 Å². The summed E-state index contributed by atoms with van der Waals surface area (Å²) in [5, 5.41) is 13.3. The number of hydrogen-bond donors (Lipinski definition) is 0. The zero-order valence-corrected chi connectivity index (χ0v) is 12.9. The van der Waals surface area contributed by atoms with Gasteiger partial charge in [0.1, 0.15) is 0 Å². The van der Waals surface area contributed by atoms with E-state index in [-0.39, 0.29) is 11.5 Å². The Morgan fingerprint density at radius 2 is 1.64 bits per heavy atom. The van der Waals surface area contributed by atoms with Crippen LogP contribution >= 0.6 is 0 Å². The van der Waals surface area contributed by atoms with Crippen LogP contribution in [0.15, 0.2) is 60.8 Å². The quantitative estimate of drug-likeness (QED) is 0.335. The Kier molecular flexibility index (Phi) is 2.60. The number of non-ortho nitro benzene ring substituents is 1. The molecular formula is C20H10N2O3. The van der Waals surface area contributed by atoms with Crippen molar-refractivity contribution in [1.82, 2.24) is 4.98 Å². The Hall–Kier alpha value is -3.60. The molecule has 3 aromatic carbocycles. The lowest BCUT2D eigenvalue weighted by atomic mass is 9.81. The smallest absolute Gasteiger partial charge is 0.277 e. The van der Waals surface area contributed by atoms with Gasteiger partial charge in [-0.05, 0) is 35.4 Å². The minimum absolute atomic E-state index is 0.0132. The van der Waals surface area contributed by atoms with Crippen LogP contribution < -0.4 is 0 Å². The largest absolute Gasteiger partial charge is 0.289 e. The summed E-state index contributed by atoms with van der Waals surface area (Å²) < 4.78 is 0. The standard InChI is InChI=1S/C20H10N2O3/c23-20-15-4-1-3-14-17(22(24)25)9-7-11(18(14)15)12-6-8-16-13(19(12)20)5-2-10-21-16/h1-10H. The van der Waals surface area contributed by atoms with E-state index in [9.17, 15) is 14.9 Å². The summed E-state index contributed by atoms with van der Waals surface area (Å²) in [5.41, 5.74) is 3.52. The van der Waals surface area contributed by atoms with Crippen LogP contribution in [0.5, 0.6) is 0 Å². The summed E-state index contributed by atoms with van der Waals surface area (Å²) in [4.78, 5) is 28.5. The number of pyridine rings is 1. The van der Waals surface area contributed by atoms with Crippen LogP contribution in [0.2, 0.25) is 0 Å². The van der Waals surface area contributed by atoms with Gasteiger partial charge in [0, 0.05) is 34.2 Å². The van der Waals surface area contributed by atoms with Crippen LogP contribution in [0.3, 0.4) is 0 Å². The van der Waals surface area contributed by atoms with Crippen molar-refractivity contribution in [2.45, 2.75) is 0 Å². The highest BCUT2D eigenvalue weighted by atomic mass is 16.6. The maximum absolute atomic E-state index is 13.2. The van der Waals surface area contributed by atoms with Crippen LogP contribution in [-0.4, -0.2) is 15.7 Å². The second-order valence-corrected chi connectivity index (χ2v) is 6.00. The van der Waals surface area contributed by atoms with Gasteiger partial charge in [0.2, 0.25) is 0 Å². The Labute approximate surface area is 141 Å². The number of nitro groups is 1. The van der Waals surface area contributed by atoms with E-state index in [1.807, 2.05) is 24.3 Å². The molecule has 5 heteroatoms. The third-order valence-electron chi connectivity index (χ3n) is 4.76. The fourth-order valence-electron chi connectivity index (χ4n) is 3.72. The highest BCUT2D eigenvalue weighted by molar-refractivity contribution is 6.30. The van der Waals surface area contributed by atoms with E-state index < -0.39 is 4.92 Å². The molecule has 0 saturated carbocycles. The lowest BCUT2D eigenvalue weighted by Crippen LogP contribution is -2.11. The van der Waals surface area contributed by atoms with Gasteiger partial charge in [0.15, 0.2) is 5.78 Å². The van der Waals surface area contributed by atoms with E-state index in [1.165, 1.54) is 6.07 Å². The molecule has 1 aliphatic rings. The fraction of sp³-hybridized carbons (Fsp3) is 0. The number of rotatable bonds is 1. The number of carbonyl (C=O) groups is 1. The summed E-state index contributed by atoms with van der Waals surface area (Å²) in [6.45, 7) is 0. The number of nitrogens with zero attached hydrogens (tertiary/aromatic N) is 2. The van der Waals surface area contributed by atoms with Crippen molar-refractivity contribution in [3.8, 4) is 11.1 Å².